The van der Waals surface area contributed by atoms with Crippen LogP contribution in [0.15, 0.2) is 24.3 Å². The van der Waals surface area contributed by atoms with Crippen LogP contribution in [0.4, 0.5) is 5.69 Å². The number of carboxylic acids is 2. The second kappa shape index (κ2) is 6.84. The van der Waals surface area contributed by atoms with Gasteiger partial charge in [-0.05, 0) is 18.1 Å². The van der Waals surface area contributed by atoms with Crippen molar-refractivity contribution in [2.24, 2.45) is 5.92 Å². The molecule has 9 nitrogen and oxygen atoms in total. The van der Waals surface area contributed by atoms with Crippen LogP contribution in [0.25, 0.3) is 0 Å². The number of aliphatic hydroxyl groups is 2. The summed E-state index contributed by atoms with van der Waals surface area (Å²) < 4.78 is 5.26. The number of carbonyl (C=O) groups is 2. The maximum Gasteiger partial charge on any atom is 0.355 e. The number of anilines is 1. The highest BCUT2D eigenvalue weighted by Crippen LogP contribution is 2.49. The number of rotatable bonds is 6. The van der Waals surface area contributed by atoms with E-state index in [1.54, 1.807) is 19.2 Å². The van der Waals surface area contributed by atoms with Gasteiger partial charge in [-0.25, -0.2) is 9.59 Å². The molecule has 1 fully saturated rings. The molecule has 0 bridgehead atoms. The Morgan fingerprint density at radius 2 is 2.08 bits per heavy atom. The Hall–Kier alpha value is -2.20. The van der Waals surface area contributed by atoms with Crippen molar-refractivity contribution >= 4 is 17.6 Å². The zero-order valence-corrected chi connectivity index (χ0v) is 14.2. The predicted molar refractivity (Wildman–Crippen MR) is 89.5 cm³/mol. The van der Waals surface area contributed by atoms with Gasteiger partial charge in [0.05, 0.1) is 12.6 Å². The first-order chi connectivity index (χ1) is 12.3. The predicted octanol–water partition coefficient (Wildman–Crippen LogP) is -0.291. The minimum Gasteiger partial charge on any atom is -0.479 e. The van der Waals surface area contributed by atoms with E-state index in [-0.39, 0.29) is 18.5 Å². The molecule has 142 valence electrons. The molecule has 1 saturated heterocycles. The number of hydrogen-bond donors (Lipinski definition) is 5. The highest BCUT2D eigenvalue weighted by Gasteiger charge is 2.59. The van der Waals surface area contributed by atoms with Crippen molar-refractivity contribution in [1.82, 2.24) is 4.90 Å². The topological polar surface area (TPSA) is 140 Å². The highest BCUT2D eigenvalue weighted by atomic mass is 16.5. The van der Waals surface area contributed by atoms with Gasteiger partial charge in [0.1, 0.15) is 0 Å². The van der Waals surface area contributed by atoms with E-state index in [4.69, 9.17) is 9.84 Å². The second-order valence-electron chi connectivity index (χ2n) is 6.66. The Morgan fingerprint density at radius 3 is 2.69 bits per heavy atom. The lowest BCUT2D eigenvalue weighted by Gasteiger charge is -2.44. The fraction of sp³-hybridized carbons (Fsp3) is 0.529. The molecule has 5 N–H and O–H groups in total. The first-order valence-electron chi connectivity index (χ1n) is 8.30. The number of nitrogens with zero attached hydrogens (tertiary/aromatic N) is 1. The highest BCUT2D eigenvalue weighted by molar-refractivity contribution is 5.86. The van der Waals surface area contributed by atoms with Crippen LogP contribution in [-0.2, 0) is 14.3 Å². The Balaban J connectivity index is 2.08. The molecule has 5 atom stereocenters. The van der Waals surface area contributed by atoms with E-state index in [9.17, 15) is 24.9 Å². The van der Waals surface area contributed by atoms with Gasteiger partial charge in [0.2, 0.25) is 6.10 Å². The smallest absolute Gasteiger partial charge is 0.355 e. The minimum atomic E-state index is -2.94. The van der Waals surface area contributed by atoms with Crippen LogP contribution in [0, 0.1) is 5.92 Å². The van der Waals surface area contributed by atoms with E-state index in [0.717, 1.165) is 11.3 Å². The molecule has 0 radical (unpaired) electrons. The number of carboxylic acid groups (broad SMARTS) is 2. The third-order valence-electron chi connectivity index (χ3n) is 5.30. The fourth-order valence-electron chi connectivity index (χ4n) is 4.13. The monoisotopic (exact) mass is 366 g/mol. The third kappa shape index (κ3) is 2.73. The Labute approximate surface area is 149 Å². The van der Waals surface area contributed by atoms with E-state index in [0.29, 0.717) is 13.0 Å². The van der Waals surface area contributed by atoms with Gasteiger partial charge in [0.15, 0.2) is 0 Å². The zero-order valence-electron chi connectivity index (χ0n) is 14.2. The van der Waals surface area contributed by atoms with Crippen LogP contribution in [0.1, 0.15) is 18.0 Å². The molecule has 0 aromatic heterocycles. The molecule has 1 aromatic carbocycles. The van der Waals surface area contributed by atoms with Gasteiger partial charge in [-0.3, -0.25) is 4.90 Å². The molecule has 9 heteroatoms. The van der Waals surface area contributed by atoms with E-state index in [1.165, 1.54) is 4.90 Å². The van der Waals surface area contributed by atoms with Crippen LogP contribution in [0.3, 0.4) is 0 Å². The van der Waals surface area contributed by atoms with Gasteiger partial charge in [0, 0.05) is 31.3 Å². The number of methoxy groups -OCH3 is 1. The molecule has 2 aliphatic heterocycles. The number of likely N-dealkylation sites (tertiary alicyclic amines) is 1. The molecule has 3 rings (SSSR count). The lowest BCUT2D eigenvalue weighted by atomic mass is 9.82. The summed E-state index contributed by atoms with van der Waals surface area (Å²) in [5.41, 5.74) is -1.42. The van der Waals surface area contributed by atoms with Crippen molar-refractivity contribution in [3.05, 3.63) is 29.8 Å². The van der Waals surface area contributed by atoms with Gasteiger partial charge in [0.25, 0.3) is 5.72 Å². The SMILES string of the molecule is COC[C@@H]1Nc2ccccc2[C@H]2[C@@H]1CCN2[C@](O)(C(=O)O)[C@@H](O)C(=O)O. The number of ether oxygens (including phenoxy) is 1. The van der Waals surface area contributed by atoms with Crippen molar-refractivity contribution in [2.45, 2.75) is 30.3 Å². The molecular formula is C17H22N2O7. The first kappa shape index (κ1) is 18.6. The largest absolute Gasteiger partial charge is 0.479 e. The van der Waals surface area contributed by atoms with Crippen LogP contribution in [-0.4, -0.2) is 75.4 Å². The van der Waals surface area contributed by atoms with Gasteiger partial charge in [-0.15, -0.1) is 0 Å². The number of nitrogens with one attached hydrogen (secondary N) is 1. The maximum atomic E-state index is 11.8. The van der Waals surface area contributed by atoms with Crippen molar-refractivity contribution in [2.75, 3.05) is 25.6 Å². The minimum absolute atomic E-state index is 0.114. The third-order valence-corrected chi connectivity index (χ3v) is 5.30. The second-order valence-corrected chi connectivity index (χ2v) is 6.66. The van der Waals surface area contributed by atoms with E-state index < -0.39 is 29.8 Å². The van der Waals surface area contributed by atoms with Crippen LogP contribution >= 0.6 is 0 Å². The number of fused-ring (bicyclic) bond motifs is 3. The Kier molecular flexibility index (Phi) is 4.89. The Morgan fingerprint density at radius 1 is 1.38 bits per heavy atom. The summed E-state index contributed by atoms with van der Waals surface area (Å²) in [7, 11) is 1.56. The van der Waals surface area contributed by atoms with Crippen LogP contribution in [0.2, 0.25) is 0 Å². The summed E-state index contributed by atoms with van der Waals surface area (Å²) in [6, 6.07) is 6.55. The van der Waals surface area contributed by atoms with E-state index in [1.807, 2.05) is 12.1 Å². The standard InChI is InChI=1S/C17H22N2O7/c1-26-8-12-10-6-7-19(17(25,16(23)24)14(20)15(21)22)13(10)9-4-2-3-5-11(9)18-12/h2-5,10,12-14,18,20,25H,6-8H2,1H3,(H,21,22)(H,23,24)/t10-,12+,13+,14+,17-/m1/s1. The fourth-order valence-corrected chi connectivity index (χ4v) is 4.13. The molecule has 0 saturated carbocycles. The number of benzene rings is 1. The average molecular weight is 366 g/mol. The maximum absolute atomic E-state index is 11.8. The lowest BCUT2D eigenvalue weighted by Crippen LogP contribution is -2.64. The van der Waals surface area contributed by atoms with Crippen LogP contribution in [0.5, 0.6) is 0 Å². The molecule has 0 spiro atoms. The van der Waals surface area contributed by atoms with Crippen molar-refractivity contribution in [3.8, 4) is 0 Å². The summed E-state index contributed by atoms with van der Waals surface area (Å²) >= 11 is 0. The summed E-state index contributed by atoms with van der Waals surface area (Å²) in [5.74, 6) is -3.71. The number of para-hydroxylation sites is 1. The molecule has 1 aromatic rings. The van der Waals surface area contributed by atoms with Gasteiger partial charge >= 0.3 is 11.9 Å². The molecule has 0 amide bonds. The van der Waals surface area contributed by atoms with E-state index >= 15 is 0 Å². The zero-order chi connectivity index (χ0) is 19.1. The van der Waals surface area contributed by atoms with Crippen LogP contribution < -0.4 is 5.32 Å². The number of hydrogen-bond acceptors (Lipinski definition) is 7. The molecule has 26 heavy (non-hydrogen) atoms. The normalized spacial score (nSPS) is 28.3. The van der Waals surface area contributed by atoms with Crippen molar-refractivity contribution in [3.63, 3.8) is 0 Å². The number of aliphatic carboxylic acids is 2. The molecule has 2 aliphatic rings. The van der Waals surface area contributed by atoms with Crippen molar-refractivity contribution < 1.29 is 34.8 Å². The first-order valence-corrected chi connectivity index (χ1v) is 8.30. The van der Waals surface area contributed by atoms with Gasteiger partial charge < -0.3 is 30.5 Å². The molecule has 2 heterocycles. The van der Waals surface area contributed by atoms with Crippen molar-refractivity contribution in [1.29, 1.82) is 0 Å². The Bertz CT molecular complexity index is 712. The molecular weight excluding hydrogens is 344 g/mol. The quantitative estimate of drug-likeness (QED) is 0.459. The van der Waals surface area contributed by atoms with Gasteiger partial charge in [-0.1, -0.05) is 18.2 Å². The summed E-state index contributed by atoms with van der Waals surface area (Å²) in [6.45, 7) is 0.495. The number of aliphatic hydroxyl groups excluding tert-OH is 1. The average Bonchev–Trinajstić information content (AvgIpc) is 3.06. The molecule has 0 unspecified atom stereocenters. The van der Waals surface area contributed by atoms with E-state index in [2.05, 4.69) is 5.32 Å². The summed E-state index contributed by atoms with van der Waals surface area (Å²) in [4.78, 5) is 24.2. The molecule has 0 aliphatic carbocycles. The summed E-state index contributed by atoms with van der Waals surface area (Å²) in [6.07, 6.45) is -1.97. The lowest BCUT2D eigenvalue weighted by molar-refractivity contribution is -0.219. The summed E-state index contributed by atoms with van der Waals surface area (Å²) in [5, 5.41) is 42.8. The van der Waals surface area contributed by atoms with Gasteiger partial charge in [-0.2, -0.15) is 0 Å².